The summed E-state index contributed by atoms with van der Waals surface area (Å²) in [5.41, 5.74) is 5.84. The highest BCUT2D eigenvalue weighted by atomic mass is 15.0. The van der Waals surface area contributed by atoms with Gasteiger partial charge in [-0.05, 0) is 35.4 Å². The second-order valence-electron chi connectivity index (χ2n) is 5.36. The summed E-state index contributed by atoms with van der Waals surface area (Å²) in [7, 11) is 0. The number of hydrogen-bond acceptors (Lipinski definition) is 2. The molecule has 0 aliphatic heterocycles. The van der Waals surface area contributed by atoms with Gasteiger partial charge >= 0.3 is 0 Å². The molecule has 0 amide bonds. The van der Waals surface area contributed by atoms with E-state index in [9.17, 15) is 0 Å². The normalized spacial score (nSPS) is 10.6. The first-order chi connectivity index (χ1) is 11.3. The lowest BCUT2D eigenvalue weighted by Crippen LogP contribution is -1.85. The number of nitriles is 1. The Labute approximate surface area is 134 Å². The van der Waals surface area contributed by atoms with Crippen molar-refractivity contribution >= 4 is 5.65 Å². The van der Waals surface area contributed by atoms with Crippen molar-refractivity contribution in [1.29, 1.82) is 5.26 Å². The molecule has 0 fully saturated rings. The second-order valence-corrected chi connectivity index (χ2v) is 5.36. The van der Waals surface area contributed by atoms with E-state index < -0.39 is 0 Å². The van der Waals surface area contributed by atoms with E-state index in [0.29, 0.717) is 5.56 Å². The van der Waals surface area contributed by atoms with Crippen molar-refractivity contribution in [1.82, 2.24) is 9.38 Å². The fraction of sp³-hybridized carbons (Fsp3) is 0. The summed E-state index contributed by atoms with van der Waals surface area (Å²) < 4.78 is 2.04. The maximum atomic E-state index is 8.89. The third-order valence-electron chi connectivity index (χ3n) is 3.87. The summed E-state index contributed by atoms with van der Waals surface area (Å²) in [5, 5.41) is 8.89. The first kappa shape index (κ1) is 13.3. The molecule has 0 spiro atoms. The van der Waals surface area contributed by atoms with E-state index in [-0.39, 0.29) is 0 Å². The Morgan fingerprint density at radius 2 is 1.48 bits per heavy atom. The highest BCUT2D eigenvalue weighted by Crippen LogP contribution is 2.23. The Kier molecular flexibility index (Phi) is 3.14. The first-order valence-corrected chi connectivity index (χ1v) is 7.38. The van der Waals surface area contributed by atoms with Gasteiger partial charge in [0.25, 0.3) is 0 Å². The van der Waals surface area contributed by atoms with Gasteiger partial charge in [-0.3, -0.25) is 0 Å². The van der Waals surface area contributed by atoms with Crippen LogP contribution in [0.4, 0.5) is 0 Å². The molecule has 0 atom stereocenters. The van der Waals surface area contributed by atoms with Gasteiger partial charge < -0.3 is 4.40 Å². The van der Waals surface area contributed by atoms with E-state index in [4.69, 9.17) is 5.26 Å². The number of hydrogen-bond donors (Lipinski definition) is 0. The third kappa shape index (κ3) is 2.47. The molecular formula is C20H13N3. The minimum atomic E-state index is 0.670. The lowest BCUT2D eigenvalue weighted by atomic mass is 10.1. The summed E-state index contributed by atoms with van der Waals surface area (Å²) in [6.07, 6.45) is 4.11. The van der Waals surface area contributed by atoms with Crippen molar-refractivity contribution in [3.8, 4) is 28.5 Å². The Morgan fingerprint density at radius 3 is 2.22 bits per heavy atom. The van der Waals surface area contributed by atoms with Gasteiger partial charge in [0, 0.05) is 18.0 Å². The van der Waals surface area contributed by atoms with Crippen LogP contribution in [0.1, 0.15) is 5.56 Å². The maximum absolute atomic E-state index is 8.89. The predicted octanol–water partition coefficient (Wildman–Crippen LogP) is 4.54. The fourth-order valence-electron chi connectivity index (χ4n) is 2.65. The molecule has 108 valence electrons. The van der Waals surface area contributed by atoms with E-state index in [0.717, 1.165) is 28.0 Å². The molecule has 2 aromatic heterocycles. The van der Waals surface area contributed by atoms with Crippen LogP contribution in [-0.4, -0.2) is 9.38 Å². The monoisotopic (exact) mass is 295 g/mol. The largest absolute Gasteiger partial charge is 0.306 e. The van der Waals surface area contributed by atoms with Crippen LogP contribution in [0.5, 0.6) is 0 Å². The Bertz CT molecular complexity index is 1010. The molecule has 0 saturated heterocycles. The fourth-order valence-corrected chi connectivity index (χ4v) is 2.65. The summed E-state index contributed by atoms with van der Waals surface area (Å²) in [6.45, 7) is 0. The zero-order valence-electron chi connectivity index (χ0n) is 12.3. The third-order valence-corrected chi connectivity index (χ3v) is 3.87. The SMILES string of the molecule is N#Cc1ccc(-c2ccc3nc(-c4ccccc4)cn3c2)cc1. The van der Waals surface area contributed by atoms with Crippen LogP contribution in [0, 0.1) is 11.3 Å². The van der Waals surface area contributed by atoms with Gasteiger partial charge in [0.15, 0.2) is 0 Å². The molecule has 0 unspecified atom stereocenters. The zero-order chi connectivity index (χ0) is 15.6. The number of aromatic nitrogens is 2. The van der Waals surface area contributed by atoms with Crippen LogP contribution in [-0.2, 0) is 0 Å². The molecule has 4 rings (SSSR count). The topological polar surface area (TPSA) is 41.1 Å². The van der Waals surface area contributed by atoms with Gasteiger partial charge in [-0.15, -0.1) is 0 Å². The number of rotatable bonds is 2. The number of imidazole rings is 1. The second kappa shape index (κ2) is 5.43. The van der Waals surface area contributed by atoms with Crippen LogP contribution < -0.4 is 0 Å². The van der Waals surface area contributed by atoms with Crippen molar-refractivity contribution in [2.24, 2.45) is 0 Å². The van der Waals surface area contributed by atoms with Crippen molar-refractivity contribution < 1.29 is 0 Å². The molecular weight excluding hydrogens is 282 g/mol. The molecule has 4 aromatic rings. The smallest absolute Gasteiger partial charge is 0.137 e. The van der Waals surface area contributed by atoms with E-state index in [1.807, 2.05) is 59.1 Å². The van der Waals surface area contributed by atoms with Crippen LogP contribution in [0.2, 0.25) is 0 Å². The minimum Gasteiger partial charge on any atom is -0.306 e. The summed E-state index contributed by atoms with van der Waals surface area (Å²) in [5.74, 6) is 0. The average molecular weight is 295 g/mol. The maximum Gasteiger partial charge on any atom is 0.137 e. The van der Waals surface area contributed by atoms with Crippen LogP contribution in [0.25, 0.3) is 28.0 Å². The number of fused-ring (bicyclic) bond motifs is 1. The standard InChI is InChI=1S/C20H13N3/c21-12-15-6-8-16(9-7-15)18-10-11-20-22-19(14-23(20)13-18)17-4-2-1-3-5-17/h1-11,13-14H. The lowest BCUT2D eigenvalue weighted by molar-refractivity contribution is 1.19. The summed E-state index contributed by atoms with van der Waals surface area (Å²) in [4.78, 5) is 4.67. The Balaban J connectivity index is 1.77. The molecule has 0 aliphatic rings. The molecule has 0 aliphatic carbocycles. The number of nitrogens with zero attached hydrogens (tertiary/aromatic N) is 3. The highest BCUT2D eigenvalue weighted by molar-refractivity contribution is 5.68. The lowest BCUT2D eigenvalue weighted by Gasteiger charge is -2.02. The van der Waals surface area contributed by atoms with Crippen molar-refractivity contribution in [2.75, 3.05) is 0 Å². The predicted molar refractivity (Wildman–Crippen MR) is 90.8 cm³/mol. The van der Waals surface area contributed by atoms with Crippen LogP contribution in [0.3, 0.4) is 0 Å². The molecule has 2 aromatic carbocycles. The summed E-state index contributed by atoms with van der Waals surface area (Å²) in [6, 6.07) is 24.0. The summed E-state index contributed by atoms with van der Waals surface area (Å²) >= 11 is 0. The van der Waals surface area contributed by atoms with Crippen molar-refractivity contribution in [3.63, 3.8) is 0 Å². The van der Waals surface area contributed by atoms with Crippen molar-refractivity contribution in [2.45, 2.75) is 0 Å². The molecule has 3 heteroatoms. The van der Waals surface area contributed by atoms with Gasteiger partial charge in [0.1, 0.15) is 5.65 Å². The number of pyridine rings is 1. The van der Waals surface area contributed by atoms with Gasteiger partial charge in [0.2, 0.25) is 0 Å². The highest BCUT2D eigenvalue weighted by Gasteiger charge is 2.05. The molecule has 0 radical (unpaired) electrons. The van der Waals surface area contributed by atoms with Gasteiger partial charge in [-0.2, -0.15) is 5.26 Å². The van der Waals surface area contributed by atoms with Crippen LogP contribution >= 0.6 is 0 Å². The zero-order valence-corrected chi connectivity index (χ0v) is 12.3. The molecule has 0 saturated carbocycles. The van der Waals surface area contributed by atoms with E-state index in [2.05, 4.69) is 35.4 Å². The Hall–Kier alpha value is -3.38. The van der Waals surface area contributed by atoms with Gasteiger partial charge in [0.05, 0.1) is 17.3 Å². The molecule has 0 bridgehead atoms. The Morgan fingerprint density at radius 1 is 0.739 bits per heavy atom. The van der Waals surface area contributed by atoms with Gasteiger partial charge in [-0.1, -0.05) is 42.5 Å². The molecule has 2 heterocycles. The average Bonchev–Trinajstić information content (AvgIpc) is 3.06. The number of benzene rings is 2. The minimum absolute atomic E-state index is 0.670. The van der Waals surface area contributed by atoms with E-state index in [1.54, 1.807) is 0 Å². The molecule has 3 nitrogen and oxygen atoms in total. The van der Waals surface area contributed by atoms with E-state index in [1.165, 1.54) is 0 Å². The van der Waals surface area contributed by atoms with Crippen molar-refractivity contribution in [3.05, 3.63) is 84.7 Å². The first-order valence-electron chi connectivity index (χ1n) is 7.38. The quantitative estimate of drug-likeness (QED) is 0.544. The molecule has 23 heavy (non-hydrogen) atoms. The molecule has 0 N–H and O–H groups in total. The van der Waals surface area contributed by atoms with Gasteiger partial charge in [-0.25, -0.2) is 4.98 Å². The van der Waals surface area contributed by atoms with Crippen LogP contribution in [0.15, 0.2) is 79.1 Å². The van der Waals surface area contributed by atoms with E-state index >= 15 is 0 Å².